The number of halogens is 1. The highest BCUT2D eigenvalue weighted by molar-refractivity contribution is 6.30. The molecule has 2 aromatic carbocycles. The number of rotatable bonds is 2. The molecule has 6 nitrogen and oxygen atoms in total. The minimum Gasteiger partial charge on any atom is -0.497 e. The van der Waals surface area contributed by atoms with Gasteiger partial charge in [-0.25, -0.2) is 9.36 Å². The molecular weight excluding hydrogens is 330 g/mol. The van der Waals surface area contributed by atoms with Gasteiger partial charge in [0.1, 0.15) is 11.3 Å². The average molecular weight is 342 g/mol. The fourth-order valence-corrected chi connectivity index (χ4v) is 2.91. The van der Waals surface area contributed by atoms with Crippen molar-refractivity contribution in [3.63, 3.8) is 0 Å². The Morgan fingerprint density at radius 2 is 1.75 bits per heavy atom. The number of hydrogen-bond donors (Lipinski definition) is 2. The molecule has 4 aromatic rings. The lowest BCUT2D eigenvalue weighted by Gasteiger charge is -2.04. The van der Waals surface area contributed by atoms with Gasteiger partial charge in [-0.05, 0) is 42.5 Å². The first-order valence-corrected chi connectivity index (χ1v) is 7.57. The van der Waals surface area contributed by atoms with Crippen LogP contribution in [0.1, 0.15) is 0 Å². The molecule has 2 N–H and O–H groups in total. The second-order valence-corrected chi connectivity index (χ2v) is 5.77. The Balaban J connectivity index is 2.08. The summed E-state index contributed by atoms with van der Waals surface area (Å²) >= 11 is 5.86. The molecule has 7 heteroatoms. The molecule has 0 saturated heterocycles. The highest BCUT2D eigenvalue weighted by atomic mass is 35.5. The van der Waals surface area contributed by atoms with E-state index in [-0.39, 0.29) is 0 Å². The molecule has 0 aliphatic rings. The fraction of sp³-hybridized carbons (Fsp3) is 0.0588. The Bertz CT molecular complexity index is 1190. The van der Waals surface area contributed by atoms with Gasteiger partial charge in [-0.2, -0.15) is 0 Å². The van der Waals surface area contributed by atoms with Crippen LogP contribution in [0.25, 0.3) is 27.6 Å². The molecule has 2 aromatic heterocycles. The molecule has 0 saturated carbocycles. The summed E-state index contributed by atoms with van der Waals surface area (Å²) < 4.78 is 6.28. The zero-order valence-electron chi connectivity index (χ0n) is 12.6. The quantitative estimate of drug-likeness (QED) is 0.588. The van der Waals surface area contributed by atoms with Crippen molar-refractivity contribution in [2.75, 3.05) is 7.11 Å². The van der Waals surface area contributed by atoms with Gasteiger partial charge in [0.05, 0.1) is 18.3 Å². The molecule has 0 fully saturated rings. The number of H-pyrrole nitrogens is 2. The predicted molar refractivity (Wildman–Crippen MR) is 93.6 cm³/mol. The molecule has 24 heavy (non-hydrogen) atoms. The van der Waals surface area contributed by atoms with E-state index in [0.29, 0.717) is 27.5 Å². The summed E-state index contributed by atoms with van der Waals surface area (Å²) in [7, 11) is 1.56. The number of ether oxygens (including phenoxy) is 1. The number of methoxy groups -OCH3 is 1. The van der Waals surface area contributed by atoms with Crippen LogP contribution in [0.4, 0.5) is 0 Å². The molecule has 120 valence electrons. The van der Waals surface area contributed by atoms with Gasteiger partial charge in [0.15, 0.2) is 0 Å². The van der Waals surface area contributed by atoms with Gasteiger partial charge in [0, 0.05) is 15.9 Å². The van der Waals surface area contributed by atoms with Gasteiger partial charge >= 0.3 is 5.69 Å². The molecule has 0 aliphatic heterocycles. The molecule has 0 spiro atoms. The number of aromatic nitrogens is 3. The van der Waals surface area contributed by atoms with Crippen LogP contribution in [0.5, 0.6) is 5.75 Å². The lowest BCUT2D eigenvalue weighted by Crippen LogP contribution is -2.33. The van der Waals surface area contributed by atoms with E-state index in [0.717, 1.165) is 15.5 Å². The smallest absolute Gasteiger partial charge is 0.333 e. The second kappa shape index (κ2) is 5.28. The summed E-state index contributed by atoms with van der Waals surface area (Å²) in [6.07, 6.45) is 0. The number of benzene rings is 2. The van der Waals surface area contributed by atoms with Crippen molar-refractivity contribution in [2.45, 2.75) is 0 Å². The van der Waals surface area contributed by atoms with Gasteiger partial charge in [-0.15, -0.1) is 0 Å². The molecular formula is C17H12ClN3O3. The van der Waals surface area contributed by atoms with Gasteiger partial charge < -0.3 is 14.7 Å². The monoisotopic (exact) mass is 341 g/mol. The maximum Gasteiger partial charge on any atom is 0.333 e. The largest absolute Gasteiger partial charge is 0.497 e. The molecule has 2 heterocycles. The van der Waals surface area contributed by atoms with Crippen LogP contribution < -0.4 is 16.0 Å². The van der Waals surface area contributed by atoms with E-state index in [9.17, 15) is 9.59 Å². The Morgan fingerprint density at radius 1 is 1.00 bits per heavy atom. The van der Waals surface area contributed by atoms with Gasteiger partial charge in [0.2, 0.25) is 0 Å². The number of fused-ring (bicyclic) bond motifs is 3. The third kappa shape index (κ3) is 2.11. The number of nitrogens with one attached hydrogen (secondary N) is 2. The molecule has 0 atom stereocenters. The van der Waals surface area contributed by atoms with E-state index in [1.165, 1.54) is 0 Å². The summed E-state index contributed by atoms with van der Waals surface area (Å²) in [6.45, 7) is 0. The van der Waals surface area contributed by atoms with Crippen LogP contribution in [-0.2, 0) is 0 Å². The number of aromatic amines is 2. The summed E-state index contributed by atoms with van der Waals surface area (Å²) in [4.78, 5) is 31.1. The first kappa shape index (κ1) is 14.6. The van der Waals surface area contributed by atoms with Crippen molar-refractivity contribution in [3.8, 4) is 11.4 Å². The molecule has 0 aliphatic carbocycles. The third-order valence-corrected chi connectivity index (χ3v) is 4.19. The lowest BCUT2D eigenvalue weighted by atomic mass is 10.2. The van der Waals surface area contributed by atoms with Crippen LogP contribution in [0.3, 0.4) is 0 Å². The third-order valence-electron chi connectivity index (χ3n) is 3.94. The Kier molecular flexibility index (Phi) is 3.21. The van der Waals surface area contributed by atoms with Crippen molar-refractivity contribution in [1.29, 1.82) is 0 Å². The average Bonchev–Trinajstić information content (AvgIpc) is 2.94. The van der Waals surface area contributed by atoms with Crippen molar-refractivity contribution >= 4 is 33.5 Å². The zero-order valence-corrected chi connectivity index (χ0v) is 13.3. The van der Waals surface area contributed by atoms with E-state index in [4.69, 9.17) is 16.3 Å². The molecule has 0 amide bonds. The molecule has 0 radical (unpaired) electrons. The number of hydrogen-bond acceptors (Lipinski definition) is 3. The van der Waals surface area contributed by atoms with E-state index in [1.54, 1.807) is 49.6 Å². The Morgan fingerprint density at radius 3 is 2.46 bits per heavy atom. The van der Waals surface area contributed by atoms with Crippen molar-refractivity contribution < 1.29 is 4.74 Å². The second-order valence-electron chi connectivity index (χ2n) is 5.33. The highest BCUT2D eigenvalue weighted by Gasteiger charge is 2.14. The summed E-state index contributed by atoms with van der Waals surface area (Å²) in [6, 6.07) is 11.9. The standard InChI is InChI=1S/C17H12ClN3O3/c1-24-11-6-7-13-12(8-11)14-15(19-13)16(22)21(17(23)20-14)10-4-2-9(18)3-5-10/h2-8,19H,1H3,(H,20,23). The van der Waals surface area contributed by atoms with Crippen LogP contribution in [0.2, 0.25) is 5.02 Å². The minimum absolute atomic E-state index is 0.327. The maximum absolute atomic E-state index is 12.8. The van der Waals surface area contributed by atoms with Crippen molar-refractivity contribution in [1.82, 2.24) is 14.5 Å². The SMILES string of the molecule is COc1ccc2[nH]c3c(=O)n(-c4ccc(Cl)cc4)c(=O)[nH]c3c2c1. The first-order valence-electron chi connectivity index (χ1n) is 7.19. The normalized spacial score (nSPS) is 11.2. The van der Waals surface area contributed by atoms with Crippen LogP contribution in [0.15, 0.2) is 52.1 Å². The van der Waals surface area contributed by atoms with Crippen molar-refractivity contribution in [2.24, 2.45) is 0 Å². The molecule has 0 unspecified atom stereocenters. The summed E-state index contributed by atoms with van der Waals surface area (Å²) in [5, 5.41) is 1.25. The highest BCUT2D eigenvalue weighted by Crippen LogP contribution is 2.25. The molecule has 4 rings (SSSR count). The van der Waals surface area contributed by atoms with E-state index in [2.05, 4.69) is 9.97 Å². The van der Waals surface area contributed by atoms with E-state index >= 15 is 0 Å². The van der Waals surface area contributed by atoms with Crippen LogP contribution in [0, 0.1) is 0 Å². The summed E-state index contributed by atoms with van der Waals surface area (Å²) in [5.74, 6) is 0.645. The van der Waals surface area contributed by atoms with Gasteiger partial charge in [-0.3, -0.25) is 4.79 Å². The molecule has 0 bridgehead atoms. The maximum atomic E-state index is 12.8. The van der Waals surface area contributed by atoms with E-state index in [1.807, 2.05) is 0 Å². The van der Waals surface area contributed by atoms with Crippen molar-refractivity contribution in [3.05, 3.63) is 68.3 Å². The number of nitrogens with zero attached hydrogens (tertiary/aromatic N) is 1. The van der Waals surface area contributed by atoms with Crippen LogP contribution >= 0.6 is 11.6 Å². The fourth-order valence-electron chi connectivity index (χ4n) is 2.78. The predicted octanol–water partition coefficient (Wildman–Crippen LogP) is 2.82. The first-order chi connectivity index (χ1) is 11.6. The van der Waals surface area contributed by atoms with Gasteiger partial charge in [-0.1, -0.05) is 11.6 Å². The Labute approximate surface area is 140 Å². The van der Waals surface area contributed by atoms with Crippen LogP contribution in [-0.4, -0.2) is 21.6 Å². The lowest BCUT2D eigenvalue weighted by molar-refractivity contribution is 0.415. The Hall–Kier alpha value is -2.99. The minimum atomic E-state index is -0.515. The topological polar surface area (TPSA) is 79.9 Å². The van der Waals surface area contributed by atoms with Gasteiger partial charge in [0.25, 0.3) is 5.56 Å². The van der Waals surface area contributed by atoms with E-state index < -0.39 is 11.2 Å². The zero-order chi connectivity index (χ0) is 16.8. The summed E-state index contributed by atoms with van der Waals surface area (Å²) in [5.41, 5.74) is 1.04.